The van der Waals surface area contributed by atoms with Crippen LogP contribution >= 0.6 is 23.1 Å². The highest BCUT2D eigenvalue weighted by atomic mass is 32.2. The average Bonchev–Trinajstić information content (AvgIpc) is 2.86. The summed E-state index contributed by atoms with van der Waals surface area (Å²) >= 11 is 2.32. The zero-order chi connectivity index (χ0) is 15.4. The molecule has 0 spiro atoms. The number of rotatable bonds is 6. The lowest BCUT2D eigenvalue weighted by molar-refractivity contribution is -0.148. The quantitative estimate of drug-likeness (QED) is 0.502. The van der Waals surface area contributed by atoms with Crippen molar-refractivity contribution in [2.45, 2.75) is 16.2 Å². The van der Waals surface area contributed by atoms with E-state index in [0.29, 0.717) is 14.7 Å². The Kier molecular flexibility index (Phi) is 4.87. The van der Waals surface area contributed by atoms with Crippen LogP contribution in [0, 0.1) is 5.82 Å². The first-order valence-electron chi connectivity index (χ1n) is 5.77. The summed E-state index contributed by atoms with van der Waals surface area (Å²) < 4.78 is 13.1. The zero-order valence-corrected chi connectivity index (χ0v) is 12.2. The molecule has 0 aliphatic rings. The lowest BCUT2D eigenvalue weighted by Crippen LogP contribution is -2.16. The van der Waals surface area contributed by atoms with Crippen LogP contribution < -0.4 is 0 Å². The summed E-state index contributed by atoms with van der Waals surface area (Å²) in [5, 5.41) is 10.2. The maximum Gasteiger partial charge on any atom is 0.372 e. The fraction of sp³-hybridized carbons (Fsp3) is 0.0714. The van der Waals surface area contributed by atoms with E-state index in [1.165, 1.54) is 23.9 Å². The van der Waals surface area contributed by atoms with Crippen LogP contribution in [0.25, 0.3) is 0 Å². The van der Waals surface area contributed by atoms with Gasteiger partial charge in [0, 0.05) is 9.79 Å². The Morgan fingerprint density at radius 3 is 2.67 bits per heavy atom. The van der Waals surface area contributed by atoms with Gasteiger partial charge in [-0.1, -0.05) is 17.8 Å². The molecule has 2 aromatic rings. The minimum atomic E-state index is -1.63. The van der Waals surface area contributed by atoms with E-state index in [9.17, 15) is 18.8 Å². The van der Waals surface area contributed by atoms with Crippen molar-refractivity contribution in [2.75, 3.05) is 0 Å². The molecule has 0 saturated heterocycles. The van der Waals surface area contributed by atoms with Crippen LogP contribution in [0.2, 0.25) is 0 Å². The number of carbonyl (C=O) groups is 3. The molecule has 0 bridgehead atoms. The van der Waals surface area contributed by atoms with Gasteiger partial charge >= 0.3 is 5.97 Å². The van der Waals surface area contributed by atoms with E-state index in [1.807, 2.05) is 0 Å². The number of aliphatic carboxylic acids is 1. The molecule has 0 amide bonds. The first kappa shape index (κ1) is 15.4. The molecule has 1 aromatic heterocycles. The topological polar surface area (TPSA) is 71.4 Å². The summed E-state index contributed by atoms with van der Waals surface area (Å²) in [4.78, 5) is 35.0. The molecule has 7 heteroatoms. The van der Waals surface area contributed by atoms with E-state index in [-0.39, 0.29) is 5.82 Å². The lowest BCUT2D eigenvalue weighted by Gasteiger charge is -2.02. The third-order valence-electron chi connectivity index (χ3n) is 2.47. The molecular formula is C14H9FO4S2. The van der Waals surface area contributed by atoms with Gasteiger partial charge in [-0.3, -0.25) is 9.59 Å². The molecule has 2 rings (SSSR count). The van der Waals surface area contributed by atoms with Crippen molar-refractivity contribution in [2.24, 2.45) is 0 Å². The van der Waals surface area contributed by atoms with Crippen LogP contribution in [0.5, 0.6) is 0 Å². The van der Waals surface area contributed by atoms with Crippen LogP contribution in [0.3, 0.4) is 0 Å². The molecule has 21 heavy (non-hydrogen) atoms. The Morgan fingerprint density at radius 1 is 1.24 bits per heavy atom. The van der Waals surface area contributed by atoms with E-state index in [1.54, 1.807) is 23.6 Å². The first-order valence-corrected chi connectivity index (χ1v) is 7.47. The highest BCUT2D eigenvalue weighted by molar-refractivity contribution is 7.99. The predicted octanol–water partition coefficient (Wildman–Crippen LogP) is 3.26. The van der Waals surface area contributed by atoms with E-state index in [4.69, 9.17) is 5.11 Å². The molecule has 0 radical (unpaired) electrons. The Morgan fingerprint density at radius 2 is 2.00 bits per heavy atom. The molecule has 0 fully saturated rings. The van der Waals surface area contributed by atoms with Gasteiger partial charge in [0.2, 0.25) is 5.78 Å². The summed E-state index contributed by atoms with van der Waals surface area (Å²) in [6.07, 6.45) is -0.674. The van der Waals surface area contributed by atoms with E-state index >= 15 is 0 Å². The Bertz CT molecular complexity index is 709. The van der Waals surface area contributed by atoms with Crippen molar-refractivity contribution >= 4 is 40.6 Å². The largest absolute Gasteiger partial charge is 0.475 e. The number of carbonyl (C=O) groups excluding carboxylic acids is 2. The minimum absolute atomic E-state index is 0.305. The van der Waals surface area contributed by atoms with Gasteiger partial charge in [0.15, 0.2) is 5.78 Å². The SMILES string of the molecule is O=C(O)C(=O)CC(=O)c1sccc1Sc1cccc(F)c1. The van der Waals surface area contributed by atoms with E-state index in [2.05, 4.69) is 0 Å². The number of hydrogen-bond donors (Lipinski definition) is 1. The first-order chi connectivity index (χ1) is 9.97. The number of halogens is 1. The fourth-order valence-corrected chi connectivity index (χ4v) is 3.54. The fourth-order valence-electron chi connectivity index (χ4n) is 1.54. The molecule has 0 aliphatic heterocycles. The number of thiophene rings is 1. The Labute approximate surface area is 127 Å². The molecule has 0 unspecified atom stereocenters. The van der Waals surface area contributed by atoms with Crippen LogP contribution in [0.4, 0.5) is 4.39 Å². The van der Waals surface area contributed by atoms with Crippen LogP contribution in [0.1, 0.15) is 16.1 Å². The van der Waals surface area contributed by atoms with Gasteiger partial charge in [0.05, 0.1) is 11.3 Å². The Balaban J connectivity index is 2.17. The molecule has 0 aliphatic carbocycles. The molecule has 1 aromatic carbocycles. The third kappa shape index (κ3) is 3.99. The molecule has 1 N–H and O–H groups in total. The normalized spacial score (nSPS) is 10.3. The second-order valence-electron chi connectivity index (χ2n) is 4.00. The molecule has 0 atom stereocenters. The standard InChI is InChI=1S/C14H9FO4S2/c15-8-2-1-3-9(6-8)21-12-4-5-20-13(12)10(16)7-11(17)14(18)19/h1-6H,7H2,(H,18,19). The molecule has 1 heterocycles. The van der Waals surface area contributed by atoms with E-state index in [0.717, 1.165) is 11.3 Å². The molecular weight excluding hydrogens is 315 g/mol. The van der Waals surface area contributed by atoms with Crippen molar-refractivity contribution < 1.29 is 23.9 Å². The zero-order valence-electron chi connectivity index (χ0n) is 10.5. The van der Waals surface area contributed by atoms with Crippen molar-refractivity contribution in [1.29, 1.82) is 0 Å². The summed E-state index contributed by atoms with van der Waals surface area (Å²) in [6.45, 7) is 0. The second kappa shape index (κ2) is 6.64. The van der Waals surface area contributed by atoms with Crippen molar-refractivity contribution in [3.63, 3.8) is 0 Å². The number of ketones is 2. The minimum Gasteiger partial charge on any atom is -0.475 e. The summed E-state index contributed by atoms with van der Waals surface area (Å²) in [5.41, 5.74) is 0. The van der Waals surface area contributed by atoms with Crippen molar-refractivity contribution in [1.82, 2.24) is 0 Å². The van der Waals surface area contributed by atoms with Gasteiger partial charge in [0.25, 0.3) is 0 Å². The molecule has 108 valence electrons. The summed E-state index contributed by atoms with van der Waals surface area (Å²) in [7, 11) is 0. The summed E-state index contributed by atoms with van der Waals surface area (Å²) in [5.74, 6) is -3.70. The highest BCUT2D eigenvalue weighted by Gasteiger charge is 2.21. The average molecular weight is 324 g/mol. The lowest BCUT2D eigenvalue weighted by atomic mass is 10.2. The van der Waals surface area contributed by atoms with Crippen LogP contribution in [-0.4, -0.2) is 22.6 Å². The van der Waals surface area contributed by atoms with Crippen LogP contribution in [-0.2, 0) is 9.59 Å². The van der Waals surface area contributed by atoms with Gasteiger partial charge in [-0.25, -0.2) is 9.18 Å². The maximum absolute atomic E-state index is 13.1. The van der Waals surface area contributed by atoms with Crippen molar-refractivity contribution in [3.05, 3.63) is 46.4 Å². The summed E-state index contributed by atoms with van der Waals surface area (Å²) in [6, 6.07) is 7.58. The maximum atomic E-state index is 13.1. The third-order valence-corrected chi connectivity index (χ3v) is 4.60. The van der Waals surface area contributed by atoms with Crippen molar-refractivity contribution in [3.8, 4) is 0 Å². The smallest absolute Gasteiger partial charge is 0.372 e. The second-order valence-corrected chi connectivity index (χ2v) is 6.03. The van der Waals surface area contributed by atoms with Gasteiger partial charge in [-0.05, 0) is 29.6 Å². The van der Waals surface area contributed by atoms with Crippen LogP contribution in [0.15, 0.2) is 45.5 Å². The van der Waals surface area contributed by atoms with Gasteiger partial charge in [-0.2, -0.15) is 0 Å². The molecule has 4 nitrogen and oxygen atoms in total. The Hall–Kier alpha value is -1.99. The number of carboxylic acid groups (broad SMARTS) is 1. The van der Waals surface area contributed by atoms with Gasteiger partial charge in [-0.15, -0.1) is 11.3 Å². The predicted molar refractivity (Wildman–Crippen MR) is 76.4 cm³/mol. The number of Topliss-reactive ketones (excluding diaryl/α,β-unsaturated/α-hetero) is 2. The number of carboxylic acids is 1. The van der Waals surface area contributed by atoms with E-state index < -0.39 is 24.0 Å². The van der Waals surface area contributed by atoms with Gasteiger partial charge in [0.1, 0.15) is 5.82 Å². The number of benzene rings is 1. The van der Waals surface area contributed by atoms with Gasteiger partial charge < -0.3 is 5.11 Å². The number of hydrogen-bond acceptors (Lipinski definition) is 5. The molecule has 0 saturated carbocycles. The monoisotopic (exact) mass is 324 g/mol. The highest BCUT2D eigenvalue weighted by Crippen LogP contribution is 2.34.